The first-order chi connectivity index (χ1) is 9.38. The molecule has 3 N–H and O–H groups in total. The zero-order valence-corrected chi connectivity index (χ0v) is 12.9. The van der Waals surface area contributed by atoms with Gasteiger partial charge in [-0.1, -0.05) is 6.92 Å². The Bertz CT molecular complexity index is 457. The normalized spacial score (nSPS) is 13.6. The van der Waals surface area contributed by atoms with Crippen LogP contribution in [-0.4, -0.2) is 29.6 Å². The minimum absolute atomic E-state index is 0.0867. The van der Waals surface area contributed by atoms with Crippen LogP contribution in [0.4, 0.5) is 0 Å². The Balaban J connectivity index is 2.41. The van der Waals surface area contributed by atoms with Crippen LogP contribution >= 0.6 is 11.3 Å². The molecule has 1 rings (SSSR count). The van der Waals surface area contributed by atoms with E-state index in [4.69, 9.17) is 0 Å². The van der Waals surface area contributed by atoms with Crippen molar-refractivity contribution in [2.24, 2.45) is 5.92 Å². The molecule has 0 spiro atoms. The highest BCUT2D eigenvalue weighted by atomic mass is 32.1. The van der Waals surface area contributed by atoms with E-state index in [2.05, 4.69) is 10.6 Å². The monoisotopic (exact) mass is 298 g/mol. The van der Waals surface area contributed by atoms with Gasteiger partial charge in [0.15, 0.2) is 0 Å². The van der Waals surface area contributed by atoms with Crippen LogP contribution in [0.15, 0.2) is 12.1 Å². The highest BCUT2D eigenvalue weighted by Gasteiger charge is 2.12. The minimum Gasteiger partial charge on any atom is -0.393 e. The lowest BCUT2D eigenvalue weighted by Gasteiger charge is -2.13. The third-order valence-electron chi connectivity index (χ3n) is 2.75. The maximum Gasteiger partial charge on any atom is 0.261 e. The molecule has 1 heterocycles. The smallest absolute Gasteiger partial charge is 0.261 e. The molecule has 0 saturated carbocycles. The van der Waals surface area contributed by atoms with Gasteiger partial charge in [-0.15, -0.1) is 11.3 Å². The molecular formula is C14H22N2O3S. The van der Waals surface area contributed by atoms with Crippen LogP contribution in [0, 0.1) is 5.92 Å². The number of carbonyl (C=O) groups excluding carboxylic acids is 2. The van der Waals surface area contributed by atoms with Crippen LogP contribution in [0.5, 0.6) is 0 Å². The molecule has 1 aromatic rings. The molecule has 2 unspecified atom stereocenters. The summed E-state index contributed by atoms with van der Waals surface area (Å²) in [7, 11) is 0. The van der Waals surface area contributed by atoms with E-state index in [9.17, 15) is 14.7 Å². The summed E-state index contributed by atoms with van der Waals surface area (Å²) in [6.07, 6.45) is 0.311. The average molecular weight is 298 g/mol. The number of amides is 2. The van der Waals surface area contributed by atoms with Gasteiger partial charge in [0, 0.05) is 18.3 Å². The standard InChI is InChI=1S/C14H22N2O3S/c1-9(6-10(2)17)7-16-14(19)13-5-4-12(20-13)8-15-11(3)18/h4-5,9-10,17H,6-8H2,1-3H3,(H,15,18)(H,16,19). The van der Waals surface area contributed by atoms with Gasteiger partial charge in [-0.05, 0) is 31.4 Å². The summed E-state index contributed by atoms with van der Waals surface area (Å²) in [5.74, 6) is 0.0376. The first-order valence-corrected chi connectivity index (χ1v) is 7.49. The second-order valence-electron chi connectivity index (χ2n) is 5.08. The van der Waals surface area contributed by atoms with Crippen molar-refractivity contribution in [1.82, 2.24) is 10.6 Å². The van der Waals surface area contributed by atoms with Crippen molar-refractivity contribution >= 4 is 23.2 Å². The summed E-state index contributed by atoms with van der Waals surface area (Å²) in [5, 5.41) is 14.8. The van der Waals surface area contributed by atoms with Crippen LogP contribution in [-0.2, 0) is 11.3 Å². The van der Waals surface area contributed by atoms with Crippen LogP contribution in [0.2, 0.25) is 0 Å². The lowest BCUT2D eigenvalue weighted by molar-refractivity contribution is -0.119. The molecule has 2 amide bonds. The Morgan fingerprint density at radius 3 is 2.60 bits per heavy atom. The van der Waals surface area contributed by atoms with Crippen molar-refractivity contribution in [3.63, 3.8) is 0 Å². The van der Waals surface area contributed by atoms with Gasteiger partial charge in [-0.3, -0.25) is 9.59 Å². The van der Waals surface area contributed by atoms with Gasteiger partial charge in [0.05, 0.1) is 17.5 Å². The molecule has 0 aliphatic carbocycles. The van der Waals surface area contributed by atoms with E-state index in [-0.39, 0.29) is 23.8 Å². The summed E-state index contributed by atoms with van der Waals surface area (Å²) in [4.78, 5) is 24.3. The van der Waals surface area contributed by atoms with Crippen molar-refractivity contribution in [2.45, 2.75) is 39.8 Å². The SMILES string of the molecule is CC(=O)NCc1ccc(C(=O)NCC(C)CC(C)O)s1. The van der Waals surface area contributed by atoms with E-state index in [0.29, 0.717) is 24.4 Å². The summed E-state index contributed by atoms with van der Waals surface area (Å²) in [6, 6.07) is 3.60. The van der Waals surface area contributed by atoms with Crippen molar-refractivity contribution < 1.29 is 14.7 Å². The Hall–Kier alpha value is -1.40. The molecule has 0 fully saturated rings. The predicted molar refractivity (Wildman–Crippen MR) is 79.6 cm³/mol. The number of aliphatic hydroxyl groups excluding tert-OH is 1. The number of rotatable bonds is 7. The van der Waals surface area contributed by atoms with E-state index in [0.717, 1.165) is 4.88 Å². The fourth-order valence-electron chi connectivity index (χ4n) is 1.83. The molecule has 20 heavy (non-hydrogen) atoms. The van der Waals surface area contributed by atoms with Crippen LogP contribution in [0.25, 0.3) is 0 Å². The van der Waals surface area contributed by atoms with Crippen LogP contribution < -0.4 is 10.6 Å². The third-order valence-corrected chi connectivity index (χ3v) is 3.84. The molecule has 1 aromatic heterocycles. The Morgan fingerprint density at radius 2 is 2.00 bits per heavy atom. The lowest BCUT2D eigenvalue weighted by atomic mass is 10.0. The van der Waals surface area contributed by atoms with Crippen LogP contribution in [0.3, 0.4) is 0 Å². The quantitative estimate of drug-likeness (QED) is 0.714. The molecule has 0 aliphatic rings. The maximum atomic E-state index is 11.9. The Morgan fingerprint density at radius 1 is 1.30 bits per heavy atom. The number of thiophene rings is 1. The zero-order valence-electron chi connectivity index (χ0n) is 12.1. The summed E-state index contributed by atoms with van der Waals surface area (Å²) < 4.78 is 0. The highest BCUT2D eigenvalue weighted by molar-refractivity contribution is 7.14. The van der Waals surface area contributed by atoms with Gasteiger partial charge >= 0.3 is 0 Å². The van der Waals surface area contributed by atoms with E-state index in [1.165, 1.54) is 18.3 Å². The zero-order chi connectivity index (χ0) is 15.1. The number of hydrogen-bond acceptors (Lipinski definition) is 4. The summed E-state index contributed by atoms with van der Waals surface area (Å²) in [5.41, 5.74) is 0. The van der Waals surface area contributed by atoms with Gasteiger partial charge < -0.3 is 15.7 Å². The molecule has 0 saturated heterocycles. The number of aliphatic hydroxyl groups is 1. The molecule has 0 aromatic carbocycles. The van der Waals surface area contributed by atoms with Gasteiger partial charge in [0.2, 0.25) is 5.91 Å². The molecule has 0 radical (unpaired) electrons. The second-order valence-corrected chi connectivity index (χ2v) is 6.24. The topological polar surface area (TPSA) is 78.4 Å². The van der Waals surface area contributed by atoms with Crippen molar-refractivity contribution in [3.8, 4) is 0 Å². The fraction of sp³-hybridized carbons (Fsp3) is 0.571. The maximum absolute atomic E-state index is 11.9. The van der Waals surface area contributed by atoms with E-state index < -0.39 is 0 Å². The Kier molecular flexibility index (Phi) is 6.67. The van der Waals surface area contributed by atoms with Crippen LogP contribution in [0.1, 0.15) is 41.7 Å². The van der Waals surface area contributed by atoms with E-state index in [1.807, 2.05) is 13.0 Å². The highest BCUT2D eigenvalue weighted by Crippen LogP contribution is 2.16. The van der Waals surface area contributed by atoms with E-state index in [1.54, 1.807) is 13.0 Å². The van der Waals surface area contributed by atoms with E-state index >= 15 is 0 Å². The molecule has 112 valence electrons. The van der Waals surface area contributed by atoms with Gasteiger partial charge in [0.1, 0.15) is 0 Å². The molecular weight excluding hydrogens is 276 g/mol. The second kappa shape index (κ2) is 8.01. The number of hydrogen-bond donors (Lipinski definition) is 3. The van der Waals surface area contributed by atoms with Gasteiger partial charge in [-0.25, -0.2) is 0 Å². The molecule has 2 atom stereocenters. The molecule has 0 bridgehead atoms. The molecule has 0 aliphatic heterocycles. The minimum atomic E-state index is -0.354. The first-order valence-electron chi connectivity index (χ1n) is 6.68. The van der Waals surface area contributed by atoms with Gasteiger partial charge in [-0.2, -0.15) is 0 Å². The van der Waals surface area contributed by atoms with Crippen molar-refractivity contribution in [1.29, 1.82) is 0 Å². The fourth-order valence-corrected chi connectivity index (χ4v) is 2.69. The number of carbonyl (C=O) groups is 2. The predicted octanol–water partition coefficient (Wildman–Crippen LogP) is 1.52. The van der Waals surface area contributed by atoms with Crippen molar-refractivity contribution in [3.05, 3.63) is 21.9 Å². The average Bonchev–Trinajstić information content (AvgIpc) is 2.81. The first kappa shape index (κ1) is 16.7. The van der Waals surface area contributed by atoms with Crippen molar-refractivity contribution in [2.75, 3.05) is 6.54 Å². The summed E-state index contributed by atoms with van der Waals surface area (Å²) in [6.45, 7) is 6.19. The summed E-state index contributed by atoms with van der Waals surface area (Å²) >= 11 is 1.37. The largest absolute Gasteiger partial charge is 0.393 e. The number of nitrogens with one attached hydrogen (secondary N) is 2. The lowest BCUT2D eigenvalue weighted by Crippen LogP contribution is -2.28. The molecule has 5 nitrogen and oxygen atoms in total. The Labute approximate surface area is 123 Å². The van der Waals surface area contributed by atoms with Gasteiger partial charge in [0.25, 0.3) is 5.91 Å². The third kappa shape index (κ3) is 6.16. The molecule has 6 heteroatoms.